The first kappa shape index (κ1) is 14.1. The van der Waals surface area contributed by atoms with Crippen molar-refractivity contribution in [2.24, 2.45) is 0 Å². The van der Waals surface area contributed by atoms with Crippen LogP contribution in [0.2, 0.25) is 0 Å². The zero-order chi connectivity index (χ0) is 14.7. The van der Waals surface area contributed by atoms with E-state index in [4.69, 9.17) is 5.73 Å². The van der Waals surface area contributed by atoms with Crippen molar-refractivity contribution < 1.29 is 9.18 Å². The summed E-state index contributed by atoms with van der Waals surface area (Å²) in [5.74, 6) is -0.469. The predicted octanol–water partition coefficient (Wildman–Crippen LogP) is 2.99. The van der Waals surface area contributed by atoms with Gasteiger partial charge in [0.1, 0.15) is 5.82 Å². The Morgan fingerprint density at radius 1 is 1.25 bits per heavy atom. The lowest BCUT2D eigenvalue weighted by Gasteiger charge is -2.19. The van der Waals surface area contributed by atoms with E-state index in [1.54, 1.807) is 25.2 Å². The summed E-state index contributed by atoms with van der Waals surface area (Å²) in [6.07, 6.45) is 0. The number of anilines is 1. The molecule has 2 N–H and O–H groups in total. The standard InChI is InChI=1S/C16H17FN2O/c1-11-5-3-8-14(18)15(11)16(20)19(2)10-12-6-4-7-13(17)9-12/h3-9H,10,18H2,1-2H3. The number of aryl methyl sites for hydroxylation is 1. The van der Waals surface area contributed by atoms with Crippen molar-refractivity contribution in [3.05, 3.63) is 65.0 Å². The lowest BCUT2D eigenvalue weighted by atomic mass is 10.1. The summed E-state index contributed by atoms with van der Waals surface area (Å²) >= 11 is 0. The van der Waals surface area contributed by atoms with E-state index in [0.29, 0.717) is 17.8 Å². The molecule has 0 radical (unpaired) electrons. The number of hydrogen-bond acceptors (Lipinski definition) is 2. The molecule has 0 fully saturated rings. The second-order valence-electron chi connectivity index (χ2n) is 4.83. The lowest BCUT2D eigenvalue weighted by molar-refractivity contribution is 0.0785. The second-order valence-corrected chi connectivity index (χ2v) is 4.83. The van der Waals surface area contributed by atoms with Crippen LogP contribution in [0.4, 0.5) is 10.1 Å². The summed E-state index contributed by atoms with van der Waals surface area (Å²) in [6, 6.07) is 11.6. The highest BCUT2D eigenvalue weighted by Crippen LogP contribution is 2.19. The van der Waals surface area contributed by atoms with Gasteiger partial charge >= 0.3 is 0 Å². The molecule has 0 saturated carbocycles. The third-order valence-corrected chi connectivity index (χ3v) is 3.17. The van der Waals surface area contributed by atoms with Crippen LogP contribution < -0.4 is 5.73 Å². The minimum absolute atomic E-state index is 0.162. The fourth-order valence-corrected chi connectivity index (χ4v) is 2.15. The molecular formula is C16H17FN2O. The summed E-state index contributed by atoms with van der Waals surface area (Å²) in [5.41, 5.74) is 8.41. The molecule has 0 aliphatic heterocycles. The number of carbonyl (C=O) groups excluding carboxylic acids is 1. The molecule has 0 spiro atoms. The Morgan fingerprint density at radius 2 is 1.95 bits per heavy atom. The van der Waals surface area contributed by atoms with Gasteiger partial charge in [-0.2, -0.15) is 0 Å². The maximum atomic E-state index is 13.1. The number of nitrogens with zero attached hydrogens (tertiary/aromatic N) is 1. The van der Waals surface area contributed by atoms with Crippen molar-refractivity contribution in [3.8, 4) is 0 Å². The van der Waals surface area contributed by atoms with Gasteiger partial charge in [-0.1, -0.05) is 24.3 Å². The first-order valence-electron chi connectivity index (χ1n) is 6.34. The Bertz CT molecular complexity index is 620. The zero-order valence-electron chi connectivity index (χ0n) is 11.6. The average molecular weight is 272 g/mol. The van der Waals surface area contributed by atoms with Crippen molar-refractivity contribution in [3.63, 3.8) is 0 Å². The number of nitrogen functional groups attached to an aromatic ring is 1. The summed E-state index contributed by atoms with van der Waals surface area (Å²) in [6.45, 7) is 2.18. The molecule has 2 rings (SSSR count). The van der Waals surface area contributed by atoms with Gasteiger partial charge in [0.25, 0.3) is 5.91 Å². The minimum Gasteiger partial charge on any atom is -0.398 e. The van der Waals surface area contributed by atoms with Gasteiger partial charge in [-0.3, -0.25) is 4.79 Å². The molecule has 0 unspecified atom stereocenters. The van der Waals surface area contributed by atoms with Crippen molar-refractivity contribution >= 4 is 11.6 Å². The van der Waals surface area contributed by atoms with Gasteiger partial charge in [-0.15, -0.1) is 0 Å². The maximum Gasteiger partial charge on any atom is 0.256 e. The minimum atomic E-state index is -0.307. The SMILES string of the molecule is Cc1cccc(N)c1C(=O)N(C)Cc1cccc(F)c1. The number of rotatable bonds is 3. The monoisotopic (exact) mass is 272 g/mol. The normalized spacial score (nSPS) is 10.3. The second kappa shape index (κ2) is 5.74. The van der Waals surface area contributed by atoms with E-state index < -0.39 is 0 Å². The number of halogens is 1. The van der Waals surface area contributed by atoms with Crippen molar-refractivity contribution in [1.82, 2.24) is 4.90 Å². The lowest BCUT2D eigenvalue weighted by Crippen LogP contribution is -2.27. The van der Waals surface area contributed by atoms with E-state index >= 15 is 0 Å². The molecule has 0 atom stereocenters. The van der Waals surface area contributed by atoms with E-state index in [0.717, 1.165) is 11.1 Å². The quantitative estimate of drug-likeness (QED) is 0.873. The van der Waals surface area contributed by atoms with Crippen LogP contribution in [0.3, 0.4) is 0 Å². The number of carbonyl (C=O) groups is 1. The highest BCUT2D eigenvalue weighted by molar-refractivity contribution is 6.00. The Labute approximate surface area is 117 Å². The van der Waals surface area contributed by atoms with Gasteiger partial charge in [-0.05, 0) is 36.2 Å². The highest BCUT2D eigenvalue weighted by atomic mass is 19.1. The molecule has 0 bridgehead atoms. The molecule has 4 heteroatoms. The molecular weight excluding hydrogens is 255 g/mol. The Balaban J connectivity index is 2.21. The van der Waals surface area contributed by atoms with Crippen LogP contribution in [0, 0.1) is 12.7 Å². The molecule has 2 aromatic carbocycles. The third-order valence-electron chi connectivity index (χ3n) is 3.17. The van der Waals surface area contributed by atoms with E-state index in [9.17, 15) is 9.18 Å². The predicted molar refractivity (Wildman–Crippen MR) is 77.8 cm³/mol. The van der Waals surface area contributed by atoms with E-state index in [1.165, 1.54) is 17.0 Å². The first-order valence-corrected chi connectivity index (χ1v) is 6.34. The van der Waals surface area contributed by atoms with Crippen LogP contribution in [-0.2, 0) is 6.54 Å². The number of hydrogen-bond donors (Lipinski definition) is 1. The molecule has 0 aliphatic rings. The molecule has 0 heterocycles. The van der Waals surface area contributed by atoms with Gasteiger partial charge in [0.2, 0.25) is 0 Å². The summed E-state index contributed by atoms with van der Waals surface area (Å²) in [7, 11) is 1.68. The van der Waals surface area contributed by atoms with Crippen LogP contribution in [0.25, 0.3) is 0 Å². The zero-order valence-corrected chi connectivity index (χ0v) is 11.6. The first-order chi connectivity index (χ1) is 9.49. The maximum absolute atomic E-state index is 13.1. The number of nitrogens with two attached hydrogens (primary N) is 1. The largest absolute Gasteiger partial charge is 0.398 e. The summed E-state index contributed by atoms with van der Waals surface area (Å²) in [4.78, 5) is 14.0. The van der Waals surface area contributed by atoms with Gasteiger partial charge in [0.05, 0.1) is 5.56 Å². The van der Waals surface area contributed by atoms with Crippen molar-refractivity contribution in [1.29, 1.82) is 0 Å². The summed E-state index contributed by atoms with van der Waals surface area (Å²) in [5, 5.41) is 0. The molecule has 104 valence electrons. The molecule has 1 amide bonds. The molecule has 0 aliphatic carbocycles. The fraction of sp³-hybridized carbons (Fsp3) is 0.188. The van der Waals surface area contributed by atoms with Crippen LogP contribution in [0.15, 0.2) is 42.5 Å². The molecule has 2 aromatic rings. The Hall–Kier alpha value is -2.36. The Kier molecular flexibility index (Phi) is 4.03. The van der Waals surface area contributed by atoms with E-state index in [1.807, 2.05) is 19.1 Å². The molecule has 20 heavy (non-hydrogen) atoms. The molecule has 3 nitrogen and oxygen atoms in total. The van der Waals surface area contributed by atoms with E-state index in [-0.39, 0.29) is 11.7 Å². The van der Waals surface area contributed by atoms with Gasteiger partial charge in [0.15, 0.2) is 0 Å². The van der Waals surface area contributed by atoms with Gasteiger partial charge in [0, 0.05) is 19.3 Å². The van der Waals surface area contributed by atoms with Crippen LogP contribution in [0.5, 0.6) is 0 Å². The highest BCUT2D eigenvalue weighted by Gasteiger charge is 2.17. The molecule has 0 aromatic heterocycles. The smallest absolute Gasteiger partial charge is 0.256 e. The fourth-order valence-electron chi connectivity index (χ4n) is 2.15. The average Bonchev–Trinajstić information content (AvgIpc) is 2.38. The van der Waals surface area contributed by atoms with Gasteiger partial charge < -0.3 is 10.6 Å². The number of amides is 1. The van der Waals surface area contributed by atoms with Crippen molar-refractivity contribution in [2.75, 3.05) is 12.8 Å². The number of benzene rings is 2. The molecule has 0 saturated heterocycles. The van der Waals surface area contributed by atoms with Crippen LogP contribution in [0.1, 0.15) is 21.5 Å². The van der Waals surface area contributed by atoms with Gasteiger partial charge in [-0.25, -0.2) is 4.39 Å². The van der Waals surface area contributed by atoms with Crippen molar-refractivity contribution in [2.45, 2.75) is 13.5 Å². The van der Waals surface area contributed by atoms with Crippen LogP contribution >= 0.6 is 0 Å². The summed E-state index contributed by atoms with van der Waals surface area (Å²) < 4.78 is 13.1. The Morgan fingerprint density at radius 3 is 2.60 bits per heavy atom. The third kappa shape index (κ3) is 2.96. The van der Waals surface area contributed by atoms with E-state index in [2.05, 4.69) is 0 Å². The topological polar surface area (TPSA) is 46.3 Å². The van der Waals surface area contributed by atoms with Crippen LogP contribution in [-0.4, -0.2) is 17.9 Å².